The third-order valence-electron chi connectivity index (χ3n) is 3.25. The molecule has 0 aromatic heterocycles. The summed E-state index contributed by atoms with van der Waals surface area (Å²) < 4.78 is 0.568. The molecule has 0 saturated carbocycles. The highest BCUT2D eigenvalue weighted by atomic mass is 79.9. The van der Waals surface area contributed by atoms with Crippen LogP contribution in [0.1, 0.15) is 18.0 Å². The minimum atomic E-state index is -1.18. The zero-order valence-corrected chi connectivity index (χ0v) is 11.9. The molecule has 1 aromatic rings. The van der Waals surface area contributed by atoms with Gasteiger partial charge in [-0.1, -0.05) is 34.1 Å². The second kappa shape index (κ2) is 5.62. The van der Waals surface area contributed by atoms with Gasteiger partial charge >= 0.3 is 11.9 Å². The molecule has 106 valence electrons. The van der Waals surface area contributed by atoms with Gasteiger partial charge in [0.25, 0.3) is 0 Å². The fourth-order valence-electron chi connectivity index (χ4n) is 2.28. The van der Waals surface area contributed by atoms with Crippen LogP contribution in [-0.2, 0) is 14.4 Å². The standard InChI is InChI=1S/C13H12BrNO5/c14-9-4-2-1-3-8(9)11(13(19)20)15-6-7(12(17)18)5-10(15)16/h1-4,7,11H,5-6H2,(H,17,18)(H,19,20). The van der Waals surface area contributed by atoms with Crippen molar-refractivity contribution in [2.75, 3.05) is 6.54 Å². The average molecular weight is 342 g/mol. The SMILES string of the molecule is O=C(O)C1CC(=O)N(C(C(=O)O)c2ccccc2Br)C1. The second-order valence-corrected chi connectivity index (χ2v) is 5.40. The molecule has 1 aliphatic heterocycles. The van der Waals surface area contributed by atoms with E-state index in [2.05, 4.69) is 15.9 Å². The summed E-state index contributed by atoms with van der Waals surface area (Å²) in [5.74, 6) is -3.58. The molecule has 2 rings (SSSR count). The van der Waals surface area contributed by atoms with Crippen LogP contribution in [0.2, 0.25) is 0 Å². The summed E-state index contributed by atoms with van der Waals surface area (Å²) in [6.45, 7) is -0.0908. The number of halogens is 1. The Morgan fingerprint density at radius 3 is 2.45 bits per heavy atom. The smallest absolute Gasteiger partial charge is 0.331 e. The van der Waals surface area contributed by atoms with E-state index < -0.39 is 29.8 Å². The van der Waals surface area contributed by atoms with Crippen molar-refractivity contribution in [3.63, 3.8) is 0 Å². The van der Waals surface area contributed by atoms with Crippen molar-refractivity contribution in [2.24, 2.45) is 5.92 Å². The number of aliphatic carboxylic acids is 2. The second-order valence-electron chi connectivity index (χ2n) is 4.55. The maximum atomic E-state index is 11.9. The number of likely N-dealkylation sites (tertiary alicyclic amines) is 1. The first-order valence-corrected chi connectivity index (χ1v) is 6.70. The summed E-state index contributed by atoms with van der Waals surface area (Å²) >= 11 is 3.26. The Labute approximate surface area is 123 Å². The molecule has 0 bridgehead atoms. The summed E-state index contributed by atoms with van der Waals surface area (Å²) in [5.41, 5.74) is 0.430. The Hall–Kier alpha value is -1.89. The molecule has 1 heterocycles. The van der Waals surface area contributed by atoms with Crippen molar-refractivity contribution in [1.29, 1.82) is 0 Å². The molecule has 0 radical (unpaired) electrons. The van der Waals surface area contributed by atoms with Crippen LogP contribution in [-0.4, -0.2) is 39.5 Å². The van der Waals surface area contributed by atoms with Gasteiger partial charge in [0, 0.05) is 23.0 Å². The van der Waals surface area contributed by atoms with Gasteiger partial charge in [-0.2, -0.15) is 0 Å². The topological polar surface area (TPSA) is 94.9 Å². The van der Waals surface area contributed by atoms with E-state index in [4.69, 9.17) is 5.11 Å². The van der Waals surface area contributed by atoms with Gasteiger partial charge in [0.1, 0.15) is 0 Å². The molecule has 0 spiro atoms. The van der Waals surface area contributed by atoms with Crippen molar-refractivity contribution < 1.29 is 24.6 Å². The van der Waals surface area contributed by atoms with Gasteiger partial charge in [0.2, 0.25) is 5.91 Å². The minimum Gasteiger partial charge on any atom is -0.481 e. The van der Waals surface area contributed by atoms with Crippen LogP contribution in [0, 0.1) is 5.92 Å². The quantitative estimate of drug-likeness (QED) is 0.865. The summed E-state index contributed by atoms with van der Waals surface area (Å²) in [4.78, 5) is 35.5. The maximum absolute atomic E-state index is 11.9. The number of nitrogens with zero attached hydrogens (tertiary/aromatic N) is 1. The summed E-state index contributed by atoms with van der Waals surface area (Å²) in [6.07, 6.45) is -0.163. The van der Waals surface area contributed by atoms with E-state index >= 15 is 0 Å². The molecule has 6 nitrogen and oxygen atoms in total. The normalized spacial score (nSPS) is 19.9. The van der Waals surface area contributed by atoms with E-state index in [0.29, 0.717) is 10.0 Å². The van der Waals surface area contributed by atoms with Crippen molar-refractivity contribution in [3.05, 3.63) is 34.3 Å². The maximum Gasteiger partial charge on any atom is 0.331 e. The molecule has 20 heavy (non-hydrogen) atoms. The lowest BCUT2D eigenvalue weighted by atomic mass is 10.1. The fourth-order valence-corrected chi connectivity index (χ4v) is 2.78. The molecule has 0 aliphatic carbocycles. The molecule has 2 N–H and O–H groups in total. The van der Waals surface area contributed by atoms with Gasteiger partial charge < -0.3 is 15.1 Å². The number of hydrogen-bond donors (Lipinski definition) is 2. The molecule has 1 amide bonds. The molecular weight excluding hydrogens is 330 g/mol. The average Bonchev–Trinajstić information content (AvgIpc) is 2.74. The van der Waals surface area contributed by atoms with Crippen LogP contribution in [0.3, 0.4) is 0 Å². The highest BCUT2D eigenvalue weighted by molar-refractivity contribution is 9.10. The number of carbonyl (C=O) groups is 3. The zero-order valence-electron chi connectivity index (χ0n) is 10.3. The zero-order chi connectivity index (χ0) is 14.9. The van der Waals surface area contributed by atoms with Gasteiger partial charge in [-0.3, -0.25) is 9.59 Å². The molecule has 1 fully saturated rings. The summed E-state index contributed by atoms with van der Waals surface area (Å²) in [5, 5.41) is 18.4. The predicted octanol–water partition coefficient (Wildman–Crippen LogP) is 1.51. The van der Waals surface area contributed by atoms with Crippen molar-refractivity contribution >= 4 is 33.8 Å². The highest BCUT2D eigenvalue weighted by Crippen LogP contribution is 2.32. The lowest BCUT2D eigenvalue weighted by molar-refractivity contribution is -0.149. The Morgan fingerprint density at radius 1 is 1.30 bits per heavy atom. The first kappa shape index (κ1) is 14.5. The van der Waals surface area contributed by atoms with Gasteiger partial charge in [-0.15, -0.1) is 0 Å². The van der Waals surface area contributed by atoms with E-state index in [1.807, 2.05) is 0 Å². The largest absolute Gasteiger partial charge is 0.481 e. The van der Waals surface area contributed by atoms with Crippen LogP contribution in [0.4, 0.5) is 0 Å². The lowest BCUT2D eigenvalue weighted by Gasteiger charge is -2.25. The molecule has 1 aliphatic rings. The number of carboxylic acids is 2. The van der Waals surface area contributed by atoms with E-state index in [1.165, 1.54) is 0 Å². The number of benzene rings is 1. The third-order valence-corrected chi connectivity index (χ3v) is 3.98. The number of amides is 1. The predicted molar refractivity (Wildman–Crippen MR) is 72.0 cm³/mol. The van der Waals surface area contributed by atoms with E-state index in [0.717, 1.165) is 4.90 Å². The lowest BCUT2D eigenvalue weighted by Crippen LogP contribution is -2.36. The Bertz CT molecular complexity index is 574. The van der Waals surface area contributed by atoms with Crippen molar-refractivity contribution in [2.45, 2.75) is 12.5 Å². The minimum absolute atomic E-state index is 0.0908. The first-order valence-electron chi connectivity index (χ1n) is 5.91. The Morgan fingerprint density at radius 2 is 1.95 bits per heavy atom. The van der Waals surface area contributed by atoms with Crippen LogP contribution in [0.5, 0.6) is 0 Å². The number of hydrogen-bond acceptors (Lipinski definition) is 3. The monoisotopic (exact) mass is 341 g/mol. The van der Waals surface area contributed by atoms with Crippen molar-refractivity contribution in [1.82, 2.24) is 4.90 Å². The summed E-state index contributed by atoms with van der Waals surface area (Å²) in [7, 11) is 0. The van der Waals surface area contributed by atoms with E-state index in [-0.39, 0.29) is 13.0 Å². The molecule has 2 unspecified atom stereocenters. The third kappa shape index (κ3) is 2.67. The van der Waals surface area contributed by atoms with Crippen LogP contribution < -0.4 is 0 Å². The molecule has 1 saturated heterocycles. The Kier molecular flexibility index (Phi) is 4.08. The van der Waals surface area contributed by atoms with E-state index in [9.17, 15) is 19.5 Å². The fraction of sp³-hybridized carbons (Fsp3) is 0.308. The van der Waals surface area contributed by atoms with Crippen LogP contribution in [0.25, 0.3) is 0 Å². The first-order chi connectivity index (χ1) is 9.41. The molecule has 2 atom stereocenters. The number of carbonyl (C=O) groups excluding carboxylic acids is 1. The van der Waals surface area contributed by atoms with Crippen molar-refractivity contribution in [3.8, 4) is 0 Å². The van der Waals surface area contributed by atoms with Gasteiger partial charge in [-0.25, -0.2) is 4.79 Å². The van der Waals surface area contributed by atoms with Crippen LogP contribution >= 0.6 is 15.9 Å². The molecular formula is C13H12BrNO5. The van der Waals surface area contributed by atoms with Gasteiger partial charge in [-0.05, 0) is 6.07 Å². The number of rotatable bonds is 4. The summed E-state index contributed by atoms with van der Waals surface area (Å²) in [6, 6.07) is 5.51. The van der Waals surface area contributed by atoms with Gasteiger partial charge in [0.05, 0.1) is 5.92 Å². The Balaban J connectivity index is 2.36. The van der Waals surface area contributed by atoms with Gasteiger partial charge in [0.15, 0.2) is 6.04 Å². The molecule has 7 heteroatoms. The highest BCUT2D eigenvalue weighted by Gasteiger charge is 2.41. The number of carboxylic acid groups (broad SMARTS) is 2. The molecule has 1 aromatic carbocycles. The van der Waals surface area contributed by atoms with Crippen LogP contribution in [0.15, 0.2) is 28.7 Å². The van der Waals surface area contributed by atoms with E-state index in [1.54, 1.807) is 24.3 Å².